The van der Waals surface area contributed by atoms with Crippen LogP contribution in [0, 0.1) is 0 Å². The van der Waals surface area contributed by atoms with Crippen LogP contribution in [0.4, 0.5) is 0 Å². The number of ether oxygens (including phenoxy) is 4. The maximum absolute atomic E-state index is 12.5. The Kier molecular flexibility index (Phi) is 5.79. The van der Waals surface area contributed by atoms with Gasteiger partial charge in [-0.15, -0.1) is 0 Å². The third-order valence-corrected chi connectivity index (χ3v) is 7.14. The maximum Gasteiger partial charge on any atom is 0.340 e. The Bertz CT molecular complexity index is 1600. The Balaban J connectivity index is 1.53. The number of hydrogen-bond donors (Lipinski definition) is 1. The minimum Gasteiger partial charge on any atom is -0.493 e. The summed E-state index contributed by atoms with van der Waals surface area (Å²) < 4.78 is 23.0. The molecule has 8 heteroatoms. The zero-order valence-electron chi connectivity index (χ0n) is 21.2. The summed E-state index contributed by atoms with van der Waals surface area (Å²) in [5.41, 5.74) is 3.19. The van der Waals surface area contributed by atoms with Gasteiger partial charge in [0.05, 0.1) is 33.1 Å². The van der Waals surface area contributed by atoms with Crippen LogP contribution in [0.1, 0.15) is 45.7 Å². The molecule has 2 heterocycles. The second-order valence-electron chi connectivity index (χ2n) is 9.13. The molecule has 2 aliphatic heterocycles. The Hall–Kier alpha value is -4.72. The monoisotopic (exact) mass is 510 g/mol. The second-order valence-corrected chi connectivity index (χ2v) is 9.13. The predicted octanol–water partition coefficient (Wildman–Crippen LogP) is 5.81. The number of methoxy groups -OCH3 is 3. The molecule has 0 aromatic heterocycles. The van der Waals surface area contributed by atoms with Crippen LogP contribution < -0.4 is 18.9 Å². The molecule has 8 nitrogen and oxygen atoms in total. The van der Waals surface area contributed by atoms with Gasteiger partial charge in [0.25, 0.3) is 0 Å². The largest absolute Gasteiger partial charge is 0.493 e. The molecule has 0 fully saturated rings. The lowest BCUT2D eigenvalue weighted by molar-refractivity contribution is -0.0217. The summed E-state index contributed by atoms with van der Waals surface area (Å²) in [6.07, 6.45) is -0.221. The van der Waals surface area contributed by atoms with E-state index in [1.807, 2.05) is 35.3 Å². The number of carboxylic acid groups (broad SMARTS) is 1. The fraction of sp³-hybridized carbons (Fsp3) is 0.200. The van der Waals surface area contributed by atoms with Gasteiger partial charge in [0.15, 0.2) is 23.0 Å². The fourth-order valence-corrected chi connectivity index (χ4v) is 5.36. The minimum atomic E-state index is -1.15. The van der Waals surface area contributed by atoms with E-state index < -0.39 is 12.2 Å². The number of nitrogens with zero attached hydrogens (tertiary/aromatic N) is 2. The molecule has 2 atom stereocenters. The molecule has 0 unspecified atom stereocenters. The van der Waals surface area contributed by atoms with Gasteiger partial charge >= 0.3 is 5.97 Å². The van der Waals surface area contributed by atoms with Crippen molar-refractivity contribution >= 4 is 22.5 Å². The normalized spacial score (nSPS) is 17.8. The van der Waals surface area contributed by atoms with Gasteiger partial charge in [-0.3, -0.25) is 0 Å². The molecule has 0 bridgehead atoms. The average Bonchev–Trinajstić information content (AvgIpc) is 3.41. The Morgan fingerprint density at radius 1 is 0.895 bits per heavy atom. The molecule has 0 saturated carbocycles. The summed E-state index contributed by atoms with van der Waals surface area (Å²) >= 11 is 0. The first-order valence-corrected chi connectivity index (χ1v) is 12.2. The van der Waals surface area contributed by atoms with Crippen molar-refractivity contribution in [2.45, 2.75) is 18.7 Å². The first-order chi connectivity index (χ1) is 18.5. The molecule has 4 aromatic rings. The van der Waals surface area contributed by atoms with Gasteiger partial charge in [-0.1, -0.05) is 48.5 Å². The van der Waals surface area contributed by atoms with Crippen LogP contribution >= 0.6 is 0 Å². The highest BCUT2D eigenvalue weighted by Crippen LogP contribution is 2.52. The molecular formula is C30H26N2O6. The summed E-state index contributed by atoms with van der Waals surface area (Å²) in [5.74, 6) is 0.438. The topological polar surface area (TPSA) is 89.8 Å². The third-order valence-electron chi connectivity index (χ3n) is 7.14. The van der Waals surface area contributed by atoms with Crippen LogP contribution in [-0.2, 0) is 0 Å². The molecule has 0 saturated heterocycles. The maximum atomic E-state index is 12.5. The Morgan fingerprint density at radius 3 is 2.42 bits per heavy atom. The molecule has 1 N–H and O–H groups in total. The zero-order valence-corrected chi connectivity index (χ0v) is 21.2. The van der Waals surface area contributed by atoms with Gasteiger partial charge in [-0.05, 0) is 40.6 Å². The summed E-state index contributed by atoms with van der Waals surface area (Å²) in [4.78, 5) is 12.5. The van der Waals surface area contributed by atoms with Crippen molar-refractivity contribution in [1.82, 2.24) is 5.01 Å². The minimum absolute atomic E-state index is 0.0386. The van der Waals surface area contributed by atoms with E-state index in [9.17, 15) is 9.90 Å². The molecule has 6 rings (SSSR count). The van der Waals surface area contributed by atoms with Crippen molar-refractivity contribution in [2.24, 2.45) is 5.10 Å². The number of rotatable bonds is 6. The number of carboxylic acids is 1. The van der Waals surface area contributed by atoms with Gasteiger partial charge in [-0.2, -0.15) is 5.10 Å². The first-order valence-electron chi connectivity index (χ1n) is 12.2. The van der Waals surface area contributed by atoms with E-state index in [1.165, 1.54) is 14.2 Å². The molecule has 4 aromatic carbocycles. The van der Waals surface area contributed by atoms with Crippen molar-refractivity contribution in [3.05, 3.63) is 95.1 Å². The van der Waals surface area contributed by atoms with Gasteiger partial charge in [-0.25, -0.2) is 9.80 Å². The Labute approximate surface area is 219 Å². The molecule has 2 aliphatic rings. The number of aromatic carboxylic acids is 1. The van der Waals surface area contributed by atoms with Crippen molar-refractivity contribution in [3.63, 3.8) is 0 Å². The van der Waals surface area contributed by atoms with E-state index in [0.717, 1.165) is 27.6 Å². The molecule has 192 valence electrons. The highest BCUT2D eigenvalue weighted by molar-refractivity contribution is 6.04. The van der Waals surface area contributed by atoms with Gasteiger partial charge in [0.2, 0.25) is 6.23 Å². The average molecular weight is 511 g/mol. The highest BCUT2D eigenvalue weighted by Gasteiger charge is 2.44. The van der Waals surface area contributed by atoms with Crippen LogP contribution in [0.2, 0.25) is 0 Å². The van der Waals surface area contributed by atoms with Crippen molar-refractivity contribution in [1.29, 1.82) is 0 Å². The number of hydrazone groups is 1. The van der Waals surface area contributed by atoms with Crippen LogP contribution in [0.3, 0.4) is 0 Å². The lowest BCUT2D eigenvalue weighted by atomic mass is 9.94. The van der Waals surface area contributed by atoms with Crippen molar-refractivity contribution < 1.29 is 28.8 Å². The van der Waals surface area contributed by atoms with E-state index in [-0.39, 0.29) is 17.4 Å². The van der Waals surface area contributed by atoms with E-state index in [0.29, 0.717) is 29.2 Å². The van der Waals surface area contributed by atoms with Gasteiger partial charge in [0.1, 0.15) is 5.56 Å². The molecule has 38 heavy (non-hydrogen) atoms. The SMILES string of the molecule is COc1cccc2c1O[C@H](c1ccc(OC)c(OC)c1C(=O)O)N1N=C(c3ccc4ccccc4c3)C[C@H]21. The van der Waals surface area contributed by atoms with Crippen LogP contribution in [0.15, 0.2) is 77.9 Å². The summed E-state index contributed by atoms with van der Waals surface area (Å²) in [6.45, 7) is 0. The lowest BCUT2D eigenvalue weighted by Gasteiger charge is -2.39. The molecule has 0 radical (unpaired) electrons. The third kappa shape index (κ3) is 3.68. The lowest BCUT2D eigenvalue weighted by Crippen LogP contribution is -2.35. The number of carbonyl (C=O) groups is 1. The quantitative estimate of drug-likeness (QED) is 0.350. The van der Waals surface area contributed by atoms with Gasteiger partial charge < -0.3 is 24.1 Å². The number of hydrogen-bond acceptors (Lipinski definition) is 7. The second kappa shape index (κ2) is 9.30. The van der Waals surface area contributed by atoms with E-state index >= 15 is 0 Å². The van der Waals surface area contributed by atoms with Gasteiger partial charge in [0, 0.05) is 17.5 Å². The summed E-state index contributed by atoms with van der Waals surface area (Å²) in [7, 11) is 4.48. The van der Waals surface area contributed by atoms with Crippen molar-refractivity contribution in [2.75, 3.05) is 21.3 Å². The fourth-order valence-electron chi connectivity index (χ4n) is 5.36. The van der Waals surface area contributed by atoms with Crippen LogP contribution in [-0.4, -0.2) is 43.1 Å². The number of para-hydroxylation sites is 1. The van der Waals surface area contributed by atoms with Crippen LogP contribution in [0.25, 0.3) is 10.8 Å². The predicted molar refractivity (Wildman–Crippen MR) is 143 cm³/mol. The summed E-state index contributed by atoms with van der Waals surface area (Å²) in [5, 5.41) is 19.4. The van der Waals surface area contributed by atoms with Crippen LogP contribution in [0.5, 0.6) is 23.0 Å². The Morgan fingerprint density at radius 2 is 1.68 bits per heavy atom. The molecule has 0 aliphatic carbocycles. The number of benzene rings is 4. The molecule has 0 amide bonds. The first kappa shape index (κ1) is 23.7. The van der Waals surface area contributed by atoms with E-state index in [2.05, 4.69) is 30.3 Å². The standard InChI is InChI=1S/C30H26N2O6/c1-35-24-10-6-9-20-23-16-22(19-12-11-17-7-4-5-8-18(17)15-19)31-32(23)29(38-27(20)24)21-13-14-25(36-2)28(37-3)26(21)30(33)34/h4-15,23,29H,16H2,1-3H3,(H,33,34)/t23-,29-/m1/s1. The number of fused-ring (bicyclic) bond motifs is 4. The molecular weight excluding hydrogens is 484 g/mol. The van der Waals surface area contributed by atoms with E-state index in [4.69, 9.17) is 24.0 Å². The molecule has 0 spiro atoms. The smallest absolute Gasteiger partial charge is 0.340 e. The zero-order chi connectivity index (χ0) is 26.4. The summed E-state index contributed by atoms with van der Waals surface area (Å²) in [6, 6.07) is 23.4. The van der Waals surface area contributed by atoms with Crippen molar-refractivity contribution in [3.8, 4) is 23.0 Å². The van der Waals surface area contributed by atoms with E-state index in [1.54, 1.807) is 19.2 Å². The highest BCUT2D eigenvalue weighted by atomic mass is 16.5.